The minimum absolute atomic E-state index is 0. The van der Waals surface area contributed by atoms with Crippen LogP contribution in [0.25, 0.3) is 0 Å². The molecule has 2 heterocycles. The van der Waals surface area contributed by atoms with E-state index in [0.717, 1.165) is 23.7 Å². The van der Waals surface area contributed by atoms with Crippen LogP contribution in [0.15, 0.2) is 12.1 Å². The predicted molar refractivity (Wildman–Crippen MR) is 78.9 cm³/mol. The lowest BCUT2D eigenvalue weighted by Gasteiger charge is -2.09. The van der Waals surface area contributed by atoms with Gasteiger partial charge < -0.3 is 10.6 Å². The van der Waals surface area contributed by atoms with Gasteiger partial charge in [-0.1, -0.05) is 11.6 Å². The molecule has 1 aromatic rings. The lowest BCUT2D eigenvalue weighted by atomic mass is 10.1. The molecule has 1 atom stereocenters. The molecule has 0 spiro atoms. The van der Waals surface area contributed by atoms with Gasteiger partial charge >= 0.3 is 0 Å². The van der Waals surface area contributed by atoms with E-state index < -0.39 is 0 Å². The summed E-state index contributed by atoms with van der Waals surface area (Å²) in [5, 5.41) is 6.27. The molecular weight excluding hydrogens is 291 g/mol. The van der Waals surface area contributed by atoms with Crippen molar-refractivity contribution in [2.24, 2.45) is 0 Å². The van der Waals surface area contributed by atoms with Gasteiger partial charge in [-0.05, 0) is 37.9 Å². The first-order valence-electron chi connectivity index (χ1n) is 5.98. The van der Waals surface area contributed by atoms with Crippen LogP contribution in [0.3, 0.4) is 0 Å². The van der Waals surface area contributed by atoms with Crippen LogP contribution in [0.4, 0.5) is 0 Å². The van der Waals surface area contributed by atoms with Gasteiger partial charge in [0.15, 0.2) is 0 Å². The van der Waals surface area contributed by atoms with Crippen molar-refractivity contribution in [1.82, 2.24) is 10.6 Å². The fraction of sp³-hybridized carbons (Fsp3) is 0.583. The largest absolute Gasteiger partial charge is 0.356 e. The van der Waals surface area contributed by atoms with E-state index in [4.69, 9.17) is 11.6 Å². The monoisotopic (exact) mass is 308 g/mol. The van der Waals surface area contributed by atoms with Crippen molar-refractivity contribution >= 4 is 41.3 Å². The Hall–Kier alpha value is -0.290. The van der Waals surface area contributed by atoms with E-state index in [9.17, 15) is 4.79 Å². The Morgan fingerprint density at radius 3 is 3.00 bits per heavy atom. The standard InChI is InChI=1S/C12H17ClN2OS.ClH/c13-11-4-3-10(17-11)5-7-15-12(16)8-9-2-1-6-14-9;/h3-4,9,14H,1-2,5-8H2,(H,15,16);1H. The zero-order chi connectivity index (χ0) is 12.1. The summed E-state index contributed by atoms with van der Waals surface area (Å²) in [7, 11) is 0. The fourth-order valence-electron chi connectivity index (χ4n) is 2.04. The summed E-state index contributed by atoms with van der Waals surface area (Å²) >= 11 is 7.41. The molecule has 1 aliphatic rings. The third-order valence-electron chi connectivity index (χ3n) is 2.92. The van der Waals surface area contributed by atoms with Gasteiger partial charge in [0.05, 0.1) is 4.34 Å². The zero-order valence-corrected chi connectivity index (χ0v) is 12.5. The van der Waals surface area contributed by atoms with Crippen LogP contribution in [0.5, 0.6) is 0 Å². The minimum Gasteiger partial charge on any atom is -0.356 e. The zero-order valence-electron chi connectivity index (χ0n) is 10.1. The highest BCUT2D eigenvalue weighted by atomic mass is 35.5. The molecule has 6 heteroatoms. The van der Waals surface area contributed by atoms with Crippen LogP contribution in [0.1, 0.15) is 24.1 Å². The molecule has 2 rings (SSSR count). The second kappa shape index (κ2) is 8.00. The highest BCUT2D eigenvalue weighted by Gasteiger charge is 2.17. The first-order chi connectivity index (χ1) is 8.24. The van der Waals surface area contributed by atoms with Gasteiger partial charge in [0.1, 0.15) is 0 Å². The van der Waals surface area contributed by atoms with Gasteiger partial charge in [-0.2, -0.15) is 0 Å². The number of halogens is 2. The second-order valence-electron chi connectivity index (χ2n) is 4.30. The van der Waals surface area contributed by atoms with Crippen LogP contribution in [-0.2, 0) is 11.2 Å². The Kier molecular flexibility index (Phi) is 7.00. The summed E-state index contributed by atoms with van der Waals surface area (Å²) in [6.07, 6.45) is 3.77. The van der Waals surface area contributed by atoms with E-state index in [1.54, 1.807) is 11.3 Å². The average Bonchev–Trinajstić information content (AvgIpc) is 2.90. The highest BCUT2D eigenvalue weighted by molar-refractivity contribution is 7.16. The fourth-order valence-corrected chi connectivity index (χ4v) is 3.13. The molecule has 3 nitrogen and oxygen atoms in total. The first-order valence-corrected chi connectivity index (χ1v) is 7.18. The molecular formula is C12H18Cl2N2OS. The van der Waals surface area contributed by atoms with Gasteiger partial charge in [-0.3, -0.25) is 4.79 Å². The molecule has 1 aromatic heterocycles. The average molecular weight is 309 g/mol. The number of carbonyl (C=O) groups excluding carboxylic acids is 1. The smallest absolute Gasteiger partial charge is 0.221 e. The third kappa shape index (κ3) is 5.14. The molecule has 1 fully saturated rings. The Morgan fingerprint density at radius 1 is 1.56 bits per heavy atom. The van der Waals surface area contributed by atoms with Crippen LogP contribution >= 0.6 is 35.3 Å². The highest BCUT2D eigenvalue weighted by Crippen LogP contribution is 2.21. The maximum absolute atomic E-state index is 11.6. The van der Waals surface area contributed by atoms with Gasteiger partial charge in [0.2, 0.25) is 5.91 Å². The molecule has 1 saturated heterocycles. The molecule has 0 radical (unpaired) electrons. The molecule has 0 aromatic carbocycles. The topological polar surface area (TPSA) is 41.1 Å². The molecule has 1 aliphatic heterocycles. The quantitative estimate of drug-likeness (QED) is 0.878. The van der Waals surface area contributed by atoms with Crippen LogP contribution in [0.2, 0.25) is 4.34 Å². The van der Waals surface area contributed by atoms with Crippen molar-refractivity contribution in [1.29, 1.82) is 0 Å². The van der Waals surface area contributed by atoms with Crippen molar-refractivity contribution in [3.8, 4) is 0 Å². The van der Waals surface area contributed by atoms with E-state index in [2.05, 4.69) is 10.6 Å². The number of rotatable bonds is 5. The number of amides is 1. The van der Waals surface area contributed by atoms with Crippen LogP contribution < -0.4 is 10.6 Å². The number of hydrogen-bond donors (Lipinski definition) is 2. The molecule has 0 saturated carbocycles. The van der Waals surface area contributed by atoms with Crippen LogP contribution in [-0.4, -0.2) is 25.0 Å². The molecule has 2 N–H and O–H groups in total. The summed E-state index contributed by atoms with van der Waals surface area (Å²) in [5.41, 5.74) is 0. The van der Waals surface area contributed by atoms with Gasteiger partial charge in [-0.15, -0.1) is 23.7 Å². The molecule has 1 amide bonds. The molecule has 1 unspecified atom stereocenters. The Balaban J connectivity index is 0.00000162. The Labute approximate surface area is 123 Å². The van der Waals surface area contributed by atoms with E-state index in [1.165, 1.54) is 11.3 Å². The molecule has 0 bridgehead atoms. The van der Waals surface area contributed by atoms with Gasteiger partial charge in [0.25, 0.3) is 0 Å². The number of nitrogens with one attached hydrogen (secondary N) is 2. The van der Waals surface area contributed by atoms with Crippen molar-refractivity contribution in [2.45, 2.75) is 31.7 Å². The maximum Gasteiger partial charge on any atom is 0.221 e. The minimum atomic E-state index is 0. The maximum atomic E-state index is 11.6. The Bertz CT molecular complexity index is 378. The summed E-state index contributed by atoms with van der Waals surface area (Å²) in [4.78, 5) is 12.8. The Morgan fingerprint density at radius 2 is 2.39 bits per heavy atom. The number of thiophene rings is 1. The van der Waals surface area contributed by atoms with E-state index >= 15 is 0 Å². The predicted octanol–water partition coefficient (Wildman–Crippen LogP) is 2.62. The van der Waals surface area contributed by atoms with E-state index in [-0.39, 0.29) is 18.3 Å². The van der Waals surface area contributed by atoms with Gasteiger partial charge in [-0.25, -0.2) is 0 Å². The summed E-state index contributed by atoms with van der Waals surface area (Å²) in [6.45, 7) is 1.74. The van der Waals surface area contributed by atoms with Crippen molar-refractivity contribution in [3.05, 3.63) is 21.3 Å². The summed E-state index contributed by atoms with van der Waals surface area (Å²) in [5.74, 6) is 0.145. The molecule has 102 valence electrons. The van der Waals surface area contributed by atoms with Crippen LogP contribution in [0, 0.1) is 0 Å². The summed E-state index contributed by atoms with van der Waals surface area (Å²) < 4.78 is 0.807. The third-order valence-corrected chi connectivity index (χ3v) is 4.21. The SMILES string of the molecule is Cl.O=C(CC1CCCN1)NCCc1ccc(Cl)s1. The summed E-state index contributed by atoms with van der Waals surface area (Å²) in [6, 6.07) is 4.29. The van der Waals surface area contributed by atoms with E-state index in [1.807, 2.05) is 12.1 Å². The van der Waals surface area contributed by atoms with E-state index in [0.29, 0.717) is 19.0 Å². The van der Waals surface area contributed by atoms with Crippen molar-refractivity contribution in [3.63, 3.8) is 0 Å². The van der Waals surface area contributed by atoms with Gasteiger partial charge in [0, 0.05) is 23.9 Å². The van der Waals surface area contributed by atoms with Crippen molar-refractivity contribution < 1.29 is 4.79 Å². The van der Waals surface area contributed by atoms with Crippen molar-refractivity contribution in [2.75, 3.05) is 13.1 Å². The number of carbonyl (C=O) groups is 1. The first kappa shape index (κ1) is 15.8. The molecule has 0 aliphatic carbocycles. The lowest BCUT2D eigenvalue weighted by Crippen LogP contribution is -2.32. The second-order valence-corrected chi connectivity index (χ2v) is 6.10. The normalized spacial score (nSPS) is 18.4. The number of hydrogen-bond acceptors (Lipinski definition) is 3. The lowest BCUT2D eigenvalue weighted by molar-refractivity contribution is -0.121. The molecule has 18 heavy (non-hydrogen) atoms.